The van der Waals surface area contributed by atoms with Crippen LogP contribution < -0.4 is 11.2 Å². The highest BCUT2D eigenvalue weighted by Crippen LogP contribution is 2.21. The van der Waals surface area contributed by atoms with Gasteiger partial charge in [-0.15, -0.1) is 0 Å². The molecule has 0 aliphatic rings. The van der Waals surface area contributed by atoms with Crippen LogP contribution in [0, 0.1) is 3.57 Å². The molecule has 0 radical (unpaired) electrons. The van der Waals surface area contributed by atoms with Crippen LogP contribution in [0.4, 0.5) is 5.69 Å². The molecule has 3 rings (SSSR count). The summed E-state index contributed by atoms with van der Waals surface area (Å²) < 4.78 is 1.87. The van der Waals surface area contributed by atoms with Crippen LogP contribution in [-0.4, -0.2) is 20.9 Å². The average Bonchev–Trinajstić information content (AvgIpc) is 2.57. The molecule has 8 heteroatoms. The Morgan fingerprint density at radius 1 is 1.12 bits per heavy atom. The number of aromatic hydroxyl groups is 1. The monoisotopic (exact) mass is 467 g/mol. The molecule has 0 fully saturated rings. The number of nitrogens with one attached hydrogen (secondary N) is 1. The Labute approximate surface area is 160 Å². The smallest absolute Gasteiger partial charge is 0.335 e. The van der Waals surface area contributed by atoms with E-state index in [0.29, 0.717) is 16.4 Å². The van der Waals surface area contributed by atoms with Gasteiger partial charge in [-0.05, 0) is 59.0 Å². The molecule has 126 valence electrons. The molecule has 0 bridgehead atoms. The fourth-order valence-electron chi connectivity index (χ4n) is 2.18. The first-order chi connectivity index (χ1) is 12.0. The number of benzene rings is 2. The molecule has 2 aromatic carbocycles. The number of para-hydroxylation sites is 1. The lowest BCUT2D eigenvalue weighted by Crippen LogP contribution is -2.31. The van der Waals surface area contributed by atoms with Crippen LogP contribution >= 0.6 is 34.2 Å². The molecule has 0 saturated heterocycles. The number of hydrogen-bond donors (Lipinski definition) is 2. The van der Waals surface area contributed by atoms with Gasteiger partial charge in [-0.1, -0.05) is 23.7 Å². The number of hydrogen-bond acceptors (Lipinski definition) is 4. The van der Waals surface area contributed by atoms with Crippen molar-refractivity contribution in [1.82, 2.24) is 9.55 Å². The van der Waals surface area contributed by atoms with E-state index in [0.717, 1.165) is 8.14 Å². The largest absolute Gasteiger partial charge is 0.493 e. The first-order valence-electron chi connectivity index (χ1n) is 7.10. The molecule has 1 heterocycles. The van der Waals surface area contributed by atoms with Gasteiger partial charge in [0, 0.05) is 14.8 Å². The molecule has 0 atom stereocenters. The van der Waals surface area contributed by atoms with Crippen LogP contribution in [0.3, 0.4) is 0 Å². The van der Waals surface area contributed by atoms with Crippen LogP contribution in [0.2, 0.25) is 5.02 Å². The van der Waals surface area contributed by atoms with Gasteiger partial charge in [0.25, 0.3) is 5.56 Å². The number of H-pyrrole nitrogens is 1. The highest BCUT2D eigenvalue weighted by molar-refractivity contribution is 14.1. The molecular weight excluding hydrogens is 457 g/mol. The molecule has 0 spiro atoms. The van der Waals surface area contributed by atoms with E-state index in [1.165, 1.54) is 6.21 Å². The van der Waals surface area contributed by atoms with Crippen molar-refractivity contribution in [2.75, 3.05) is 0 Å². The summed E-state index contributed by atoms with van der Waals surface area (Å²) in [6.45, 7) is 0. The molecule has 0 aliphatic heterocycles. The third-order valence-corrected chi connectivity index (χ3v) is 4.56. The van der Waals surface area contributed by atoms with Crippen molar-refractivity contribution < 1.29 is 5.11 Å². The predicted molar refractivity (Wildman–Crippen MR) is 106 cm³/mol. The summed E-state index contributed by atoms with van der Waals surface area (Å²) in [4.78, 5) is 30.6. The maximum atomic E-state index is 12.1. The van der Waals surface area contributed by atoms with E-state index in [1.807, 2.05) is 18.2 Å². The summed E-state index contributed by atoms with van der Waals surface area (Å²) >= 11 is 7.95. The summed E-state index contributed by atoms with van der Waals surface area (Å²) in [6.07, 6.45) is 1.23. The number of nitrogens with zero attached hydrogens (tertiary/aromatic N) is 2. The molecule has 25 heavy (non-hydrogen) atoms. The van der Waals surface area contributed by atoms with Gasteiger partial charge in [0.2, 0.25) is 5.88 Å². The van der Waals surface area contributed by atoms with E-state index < -0.39 is 17.1 Å². The SMILES string of the molecule is O=c1[nH]c(=O)n(-c2ccc(Cl)cc2)c(O)c1C=Nc1ccccc1I. The quantitative estimate of drug-likeness (QED) is 0.458. The molecule has 0 amide bonds. The van der Waals surface area contributed by atoms with Gasteiger partial charge in [-0.3, -0.25) is 14.8 Å². The molecule has 0 aliphatic carbocycles. The molecular formula is C17H11ClIN3O3. The van der Waals surface area contributed by atoms with Gasteiger partial charge >= 0.3 is 5.69 Å². The lowest BCUT2D eigenvalue weighted by Gasteiger charge is -2.09. The van der Waals surface area contributed by atoms with Crippen LogP contribution in [0.25, 0.3) is 5.69 Å². The highest BCUT2D eigenvalue weighted by atomic mass is 127. The van der Waals surface area contributed by atoms with Gasteiger partial charge < -0.3 is 5.11 Å². The standard InChI is InChI=1S/C17H11ClIN3O3/c18-10-5-7-11(8-6-10)22-16(24)12(15(23)21-17(22)25)9-20-14-4-2-1-3-13(14)19/h1-9,24H,(H,21,23,25). The number of aromatic nitrogens is 2. The molecule has 6 nitrogen and oxygen atoms in total. The summed E-state index contributed by atoms with van der Waals surface area (Å²) in [5.74, 6) is -0.495. The number of aromatic amines is 1. The second kappa shape index (κ2) is 7.24. The van der Waals surface area contributed by atoms with E-state index >= 15 is 0 Å². The number of halogens is 2. The Balaban J connectivity index is 2.14. The summed E-state index contributed by atoms with van der Waals surface area (Å²) in [7, 11) is 0. The van der Waals surface area contributed by atoms with Gasteiger partial charge in [-0.2, -0.15) is 0 Å². The van der Waals surface area contributed by atoms with Crippen LogP contribution in [0.5, 0.6) is 5.88 Å². The van der Waals surface area contributed by atoms with Gasteiger partial charge in [-0.25, -0.2) is 9.36 Å². The molecule has 1 aromatic heterocycles. The lowest BCUT2D eigenvalue weighted by atomic mass is 10.3. The van der Waals surface area contributed by atoms with Crippen LogP contribution in [-0.2, 0) is 0 Å². The van der Waals surface area contributed by atoms with Crippen molar-refractivity contribution in [2.45, 2.75) is 0 Å². The maximum absolute atomic E-state index is 12.1. The zero-order valence-electron chi connectivity index (χ0n) is 12.6. The molecule has 2 N–H and O–H groups in total. The van der Waals surface area contributed by atoms with E-state index in [-0.39, 0.29) is 5.56 Å². The summed E-state index contributed by atoms with van der Waals surface area (Å²) in [5.41, 5.74) is -0.578. The van der Waals surface area contributed by atoms with E-state index in [4.69, 9.17) is 11.6 Å². The van der Waals surface area contributed by atoms with E-state index in [9.17, 15) is 14.7 Å². The number of rotatable bonds is 3. The second-order valence-electron chi connectivity index (χ2n) is 5.02. The van der Waals surface area contributed by atoms with Gasteiger partial charge in [0.15, 0.2) is 0 Å². The Bertz CT molecular complexity index is 1070. The van der Waals surface area contributed by atoms with E-state index in [1.54, 1.807) is 30.3 Å². The first-order valence-corrected chi connectivity index (χ1v) is 8.56. The van der Waals surface area contributed by atoms with Crippen molar-refractivity contribution in [3.8, 4) is 11.6 Å². The van der Waals surface area contributed by atoms with Crippen molar-refractivity contribution in [1.29, 1.82) is 0 Å². The first kappa shape index (κ1) is 17.4. The minimum absolute atomic E-state index is 0.116. The Kier molecular flexibility index (Phi) is 5.05. The third kappa shape index (κ3) is 3.67. The van der Waals surface area contributed by atoms with E-state index in [2.05, 4.69) is 32.6 Å². The minimum Gasteiger partial charge on any atom is -0.493 e. The lowest BCUT2D eigenvalue weighted by molar-refractivity contribution is 0.430. The fraction of sp³-hybridized carbons (Fsp3) is 0. The average molecular weight is 468 g/mol. The van der Waals surface area contributed by atoms with Gasteiger partial charge in [0.05, 0.1) is 11.4 Å². The number of aliphatic imine (C=N–C) groups is 1. The molecule has 0 unspecified atom stereocenters. The third-order valence-electron chi connectivity index (χ3n) is 3.39. The predicted octanol–water partition coefficient (Wildman–Crippen LogP) is 3.24. The Morgan fingerprint density at radius 2 is 1.80 bits per heavy atom. The fourth-order valence-corrected chi connectivity index (χ4v) is 2.83. The van der Waals surface area contributed by atoms with Crippen molar-refractivity contribution in [3.05, 3.63) is 83.5 Å². The normalized spacial score (nSPS) is 11.1. The highest BCUT2D eigenvalue weighted by Gasteiger charge is 2.14. The zero-order valence-corrected chi connectivity index (χ0v) is 15.5. The molecule has 0 saturated carbocycles. The van der Waals surface area contributed by atoms with Crippen molar-refractivity contribution in [3.63, 3.8) is 0 Å². The summed E-state index contributed by atoms with van der Waals surface area (Å²) in [5, 5.41) is 10.9. The van der Waals surface area contributed by atoms with Crippen LogP contribution in [0.1, 0.15) is 5.56 Å². The maximum Gasteiger partial charge on any atom is 0.335 e. The van der Waals surface area contributed by atoms with Crippen molar-refractivity contribution in [2.24, 2.45) is 4.99 Å². The Morgan fingerprint density at radius 3 is 2.48 bits per heavy atom. The minimum atomic E-state index is -0.753. The van der Waals surface area contributed by atoms with Crippen molar-refractivity contribution >= 4 is 46.1 Å². The van der Waals surface area contributed by atoms with Crippen LogP contribution in [0.15, 0.2) is 63.1 Å². The molecule has 3 aromatic rings. The Hall–Kier alpha value is -2.39. The summed E-state index contributed by atoms with van der Waals surface area (Å²) in [6, 6.07) is 13.6. The topological polar surface area (TPSA) is 87.5 Å². The second-order valence-corrected chi connectivity index (χ2v) is 6.62. The zero-order chi connectivity index (χ0) is 18.0. The van der Waals surface area contributed by atoms with Gasteiger partial charge in [0.1, 0.15) is 5.56 Å².